The first-order chi connectivity index (χ1) is 9.01. The van der Waals surface area contributed by atoms with Crippen LogP contribution in [0.1, 0.15) is 25.9 Å². The lowest BCUT2D eigenvalue weighted by molar-refractivity contribution is 0.103. The molecule has 1 amide bonds. The van der Waals surface area contributed by atoms with Gasteiger partial charge in [-0.15, -0.1) is 11.3 Å². The van der Waals surface area contributed by atoms with Crippen LogP contribution in [0.15, 0.2) is 18.2 Å². The van der Waals surface area contributed by atoms with Crippen molar-refractivity contribution in [2.45, 2.75) is 20.4 Å². The molecule has 0 radical (unpaired) electrons. The number of carbonyl (C=O) groups is 1. The summed E-state index contributed by atoms with van der Waals surface area (Å²) in [5.74, 6) is -0.694. The van der Waals surface area contributed by atoms with E-state index in [1.807, 2.05) is 6.92 Å². The fourth-order valence-electron chi connectivity index (χ4n) is 1.72. The fraction of sp³-hybridized carbons (Fsp3) is 0.231. The Balaban J connectivity index is 2.19. The summed E-state index contributed by atoms with van der Waals surface area (Å²) >= 11 is 1.32. The number of thiazole rings is 1. The Morgan fingerprint density at radius 1 is 1.47 bits per heavy atom. The van der Waals surface area contributed by atoms with Crippen molar-refractivity contribution in [2.24, 2.45) is 5.73 Å². The molecule has 0 unspecified atom stereocenters. The van der Waals surface area contributed by atoms with Gasteiger partial charge in [0.25, 0.3) is 5.91 Å². The Morgan fingerprint density at radius 2 is 2.21 bits per heavy atom. The van der Waals surface area contributed by atoms with E-state index in [-0.39, 0.29) is 12.5 Å². The molecule has 1 aromatic carbocycles. The van der Waals surface area contributed by atoms with Gasteiger partial charge in [0.1, 0.15) is 10.7 Å². The Morgan fingerprint density at radius 3 is 2.74 bits per heavy atom. The molecule has 0 aliphatic heterocycles. The van der Waals surface area contributed by atoms with Crippen molar-refractivity contribution in [2.75, 3.05) is 5.32 Å². The molecule has 3 N–H and O–H groups in total. The maximum atomic E-state index is 13.5. The molecule has 6 heteroatoms. The van der Waals surface area contributed by atoms with Gasteiger partial charge in [-0.05, 0) is 26.0 Å². The summed E-state index contributed by atoms with van der Waals surface area (Å²) in [6.45, 7) is 3.74. The standard InChI is InChI=1S/C13H14FN3OS/c1-7-12(19-8(2)16-7)13(18)17-10-4-3-9(6-15)11(14)5-10/h3-5H,6,15H2,1-2H3,(H,17,18). The number of rotatable bonds is 3. The van der Waals surface area contributed by atoms with Gasteiger partial charge in [-0.25, -0.2) is 9.37 Å². The monoisotopic (exact) mass is 279 g/mol. The minimum atomic E-state index is -0.419. The summed E-state index contributed by atoms with van der Waals surface area (Å²) in [6, 6.07) is 4.46. The SMILES string of the molecule is Cc1nc(C)c(C(=O)Nc2ccc(CN)c(F)c2)s1. The van der Waals surface area contributed by atoms with Crippen molar-refractivity contribution in [3.63, 3.8) is 0 Å². The lowest BCUT2D eigenvalue weighted by Crippen LogP contribution is -2.12. The summed E-state index contributed by atoms with van der Waals surface area (Å²) in [5.41, 5.74) is 6.89. The molecule has 0 bridgehead atoms. The van der Waals surface area contributed by atoms with Crippen LogP contribution in [0.4, 0.5) is 10.1 Å². The summed E-state index contributed by atoms with van der Waals surface area (Å²) in [4.78, 5) is 16.8. The van der Waals surface area contributed by atoms with Gasteiger partial charge in [-0.2, -0.15) is 0 Å². The average Bonchev–Trinajstić information content (AvgIpc) is 2.69. The van der Waals surface area contributed by atoms with E-state index in [1.165, 1.54) is 17.4 Å². The highest BCUT2D eigenvalue weighted by atomic mass is 32.1. The number of hydrogen-bond donors (Lipinski definition) is 2. The third kappa shape index (κ3) is 2.97. The van der Waals surface area contributed by atoms with Crippen molar-refractivity contribution in [3.8, 4) is 0 Å². The number of nitrogens with one attached hydrogen (secondary N) is 1. The smallest absolute Gasteiger partial charge is 0.267 e. The molecule has 1 heterocycles. The Kier molecular flexibility index (Phi) is 3.92. The molecule has 0 aliphatic rings. The van der Waals surface area contributed by atoms with Gasteiger partial charge >= 0.3 is 0 Å². The Bertz CT molecular complexity index is 624. The van der Waals surface area contributed by atoms with Gasteiger partial charge in [0.05, 0.1) is 10.7 Å². The zero-order chi connectivity index (χ0) is 14.0. The molecule has 0 atom stereocenters. The number of carbonyl (C=O) groups excluding carboxylic acids is 1. The quantitative estimate of drug-likeness (QED) is 0.907. The van der Waals surface area contributed by atoms with Crippen LogP contribution in [0, 0.1) is 19.7 Å². The van der Waals surface area contributed by atoms with Crippen LogP contribution in [0.3, 0.4) is 0 Å². The number of amides is 1. The molecule has 0 fully saturated rings. The summed E-state index contributed by atoms with van der Waals surface area (Å²) in [6.07, 6.45) is 0. The molecule has 0 saturated carbocycles. The molecule has 0 aliphatic carbocycles. The number of nitrogens with zero attached hydrogens (tertiary/aromatic N) is 1. The maximum absolute atomic E-state index is 13.5. The molecule has 2 rings (SSSR count). The number of aromatic nitrogens is 1. The summed E-state index contributed by atoms with van der Waals surface area (Å²) < 4.78 is 13.5. The van der Waals surface area contributed by atoms with E-state index in [9.17, 15) is 9.18 Å². The molecular formula is C13H14FN3OS. The molecule has 0 saturated heterocycles. The lowest BCUT2D eigenvalue weighted by atomic mass is 10.2. The van der Waals surface area contributed by atoms with Crippen molar-refractivity contribution < 1.29 is 9.18 Å². The second-order valence-corrected chi connectivity index (χ2v) is 5.32. The predicted octanol–water partition coefficient (Wildman–Crippen LogP) is 2.61. The number of halogens is 1. The van der Waals surface area contributed by atoms with E-state index in [0.29, 0.717) is 21.8 Å². The highest BCUT2D eigenvalue weighted by Gasteiger charge is 2.14. The topological polar surface area (TPSA) is 68.0 Å². The first kappa shape index (κ1) is 13.6. The number of nitrogens with two attached hydrogens (primary N) is 1. The third-order valence-corrected chi connectivity index (χ3v) is 3.71. The molecule has 2 aromatic rings. The maximum Gasteiger partial charge on any atom is 0.267 e. The van der Waals surface area contributed by atoms with Crippen LogP contribution in [-0.4, -0.2) is 10.9 Å². The van der Waals surface area contributed by atoms with E-state index in [4.69, 9.17) is 5.73 Å². The number of anilines is 1. The second kappa shape index (κ2) is 5.46. The van der Waals surface area contributed by atoms with Gasteiger partial charge in [-0.1, -0.05) is 6.07 Å². The first-order valence-electron chi connectivity index (χ1n) is 5.75. The normalized spacial score (nSPS) is 10.5. The molecule has 1 aromatic heterocycles. The van der Waals surface area contributed by atoms with Crippen LogP contribution in [0.25, 0.3) is 0 Å². The van der Waals surface area contributed by atoms with Gasteiger partial charge in [0.15, 0.2) is 0 Å². The summed E-state index contributed by atoms with van der Waals surface area (Å²) in [7, 11) is 0. The van der Waals surface area contributed by atoms with Gasteiger partial charge in [0, 0.05) is 17.8 Å². The Labute approximate surface area is 114 Å². The molecule has 19 heavy (non-hydrogen) atoms. The highest BCUT2D eigenvalue weighted by molar-refractivity contribution is 7.13. The van der Waals surface area contributed by atoms with Crippen molar-refractivity contribution in [1.29, 1.82) is 0 Å². The largest absolute Gasteiger partial charge is 0.326 e. The first-order valence-corrected chi connectivity index (χ1v) is 6.56. The number of benzene rings is 1. The van der Waals surface area contributed by atoms with E-state index in [2.05, 4.69) is 10.3 Å². The van der Waals surface area contributed by atoms with Crippen LogP contribution in [-0.2, 0) is 6.54 Å². The van der Waals surface area contributed by atoms with Crippen LogP contribution >= 0.6 is 11.3 Å². The van der Waals surface area contributed by atoms with Crippen molar-refractivity contribution >= 4 is 22.9 Å². The van der Waals surface area contributed by atoms with E-state index in [0.717, 1.165) is 5.01 Å². The number of hydrogen-bond acceptors (Lipinski definition) is 4. The van der Waals surface area contributed by atoms with Gasteiger partial charge in [-0.3, -0.25) is 4.79 Å². The van der Waals surface area contributed by atoms with Crippen LogP contribution in [0.2, 0.25) is 0 Å². The molecule has 0 spiro atoms. The Hall–Kier alpha value is -1.79. The average molecular weight is 279 g/mol. The number of aryl methyl sites for hydroxylation is 2. The van der Waals surface area contributed by atoms with Gasteiger partial charge in [0.2, 0.25) is 0 Å². The van der Waals surface area contributed by atoms with Crippen LogP contribution < -0.4 is 11.1 Å². The lowest BCUT2D eigenvalue weighted by Gasteiger charge is -2.06. The van der Waals surface area contributed by atoms with Crippen molar-refractivity contribution in [1.82, 2.24) is 4.98 Å². The minimum absolute atomic E-state index is 0.132. The summed E-state index contributed by atoms with van der Waals surface area (Å²) in [5, 5.41) is 3.48. The van der Waals surface area contributed by atoms with Crippen molar-refractivity contribution in [3.05, 3.63) is 45.2 Å². The zero-order valence-corrected chi connectivity index (χ0v) is 11.5. The molecule has 4 nitrogen and oxygen atoms in total. The minimum Gasteiger partial charge on any atom is -0.326 e. The van der Waals surface area contributed by atoms with E-state index < -0.39 is 5.82 Å². The fourth-order valence-corrected chi connectivity index (χ4v) is 2.54. The molecule has 100 valence electrons. The van der Waals surface area contributed by atoms with E-state index >= 15 is 0 Å². The molecular weight excluding hydrogens is 265 g/mol. The van der Waals surface area contributed by atoms with Crippen LogP contribution in [0.5, 0.6) is 0 Å². The van der Waals surface area contributed by atoms with E-state index in [1.54, 1.807) is 19.1 Å². The third-order valence-electron chi connectivity index (χ3n) is 2.64. The zero-order valence-electron chi connectivity index (χ0n) is 10.7. The highest BCUT2D eigenvalue weighted by Crippen LogP contribution is 2.20. The predicted molar refractivity (Wildman–Crippen MR) is 73.8 cm³/mol. The van der Waals surface area contributed by atoms with Gasteiger partial charge < -0.3 is 11.1 Å². The second-order valence-electron chi connectivity index (χ2n) is 4.11.